The molecule has 2 unspecified atom stereocenters. The van der Waals surface area contributed by atoms with Crippen molar-refractivity contribution in [1.82, 2.24) is 5.32 Å². The third-order valence-electron chi connectivity index (χ3n) is 5.95. The number of hydrogen-bond donors (Lipinski definition) is 1. The first-order valence-corrected chi connectivity index (χ1v) is 7.62. The van der Waals surface area contributed by atoms with Crippen molar-refractivity contribution < 1.29 is 9.14 Å². The number of hydrogen-bond acceptors (Lipinski definition) is 2. The van der Waals surface area contributed by atoms with Crippen molar-refractivity contribution in [3.05, 3.63) is 0 Å². The molecule has 18 heavy (non-hydrogen) atoms. The van der Waals surface area contributed by atoms with Crippen LogP contribution in [0.3, 0.4) is 0 Å². The fraction of sp³-hybridized carbons (Fsp3) is 0.929. The molecule has 3 aliphatic heterocycles. The lowest BCUT2D eigenvalue weighted by Gasteiger charge is -2.40. The molecule has 1 N–H and O–H groups in total. The van der Waals surface area contributed by atoms with Crippen molar-refractivity contribution >= 4 is 12.8 Å². The molecule has 4 aliphatic rings. The van der Waals surface area contributed by atoms with Gasteiger partial charge in [0.25, 0.3) is 0 Å². The molecule has 0 aromatic carbocycles. The Hall–Kier alpha value is -0.345. The standard InChI is InChI=1S/C14H24BN2O/c1-9-10-7-8-16-13(10)15-17(9)12-6-4-5-11(12)14(2,3)18-15/h10-13,16H,4-8H2,1-3H3/q+1/t10?,11-,12+,13?/m0/s1. The average Bonchev–Trinajstić information content (AvgIpc) is 2.98. The van der Waals surface area contributed by atoms with E-state index in [4.69, 9.17) is 4.65 Å². The summed E-state index contributed by atoms with van der Waals surface area (Å²) in [6, 6.07) is 0.742. The third-order valence-corrected chi connectivity index (χ3v) is 5.95. The second-order valence-electron chi connectivity index (χ2n) is 7.14. The molecule has 0 bridgehead atoms. The van der Waals surface area contributed by atoms with Crippen molar-refractivity contribution in [1.29, 1.82) is 0 Å². The maximum Gasteiger partial charge on any atom is 0.673 e. The summed E-state index contributed by atoms with van der Waals surface area (Å²) in [5.74, 6) is 2.00. The predicted molar refractivity (Wildman–Crippen MR) is 72.9 cm³/mol. The van der Waals surface area contributed by atoms with Gasteiger partial charge in [0.1, 0.15) is 17.7 Å². The first kappa shape index (κ1) is 11.5. The molecule has 4 rings (SSSR count). The third kappa shape index (κ3) is 1.31. The molecule has 3 heterocycles. The molecule has 0 radical (unpaired) electrons. The fourth-order valence-electron chi connectivity index (χ4n) is 5.12. The predicted octanol–water partition coefficient (Wildman–Crippen LogP) is 1.46. The van der Waals surface area contributed by atoms with Crippen LogP contribution in [0.4, 0.5) is 0 Å². The molecule has 3 fully saturated rings. The smallest absolute Gasteiger partial charge is 0.367 e. The molecular formula is C14H24BN2O+. The van der Waals surface area contributed by atoms with E-state index in [1.54, 1.807) is 5.71 Å². The van der Waals surface area contributed by atoms with Gasteiger partial charge in [-0.3, -0.25) is 4.49 Å². The quantitative estimate of drug-likeness (QED) is 0.655. The molecule has 0 aromatic heterocycles. The Morgan fingerprint density at radius 2 is 2.17 bits per heavy atom. The molecular weight excluding hydrogens is 223 g/mol. The van der Waals surface area contributed by atoms with E-state index in [9.17, 15) is 0 Å². The Labute approximate surface area is 110 Å². The molecule has 4 heteroatoms. The van der Waals surface area contributed by atoms with Crippen molar-refractivity contribution in [2.45, 2.75) is 64.0 Å². The van der Waals surface area contributed by atoms with E-state index < -0.39 is 0 Å². The normalized spacial score (nSPS) is 45.2. The van der Waals surface area contributed by atoms with E-state index in [0.29, 0.717) is 13.0 Å². The van der Waals surface area contributed by atoms with Gasteiger partial charge in [0, 0.05) is 19.3 Å². The van der Waals surface area contributed by atoms with E-state index in [0.717, 1.165) is 24.4 Å². The lowest BCUT2D eigenvalue weighted by atomic mass is 9.65. The summed E-state index contributed by atoms with van der Waals surface area (Å²) < 4.78 is 9.20. The summed E-state index contributed by atoms with van der Waals surface area (Å²) in [5.41, 5.74) is 1.66. The fourth-order valence-corrected chi connectivity index (χ4v) is 5.12. The molecule has 98 valence electrons. The molecule has 1 saturated carbocycles. The van der Waals surface area contributed by atoms with E-state index in [-0.39, 0.29) is 5.60 Å². The molecule has 3 nitrogen and oxygen atoms in total. The van der Waals surface area contributed by atoms with Crippen LogP contribution in [0.5, 0.6) is 0 Å². The Morgan fingerprint density at radius 1 is 1.33 bits per heavy atom. The van der Waals surface area contributed by atoms with Gasteiger partial charge in [-0.05, 0) is 39.7 Å². The van der Waals surface area contributed by atoms with Crippen LogP contribution >= 0.6 is 0 Å². The van der Waals surface area contributed by atoms with Gasteiger partial charge >= 0.3 is 7.05 Å². The first-order valence-electron chi connectivity index (χ1n) is 7.62. The summed E-state index contributed by atoms with van der Waals surface area (Å²) in [5, 5.41) is 3.68. The Morgan fingerprint density at radius 3 is 3.00 bits per heavy atom. The Kier molecular flexibility index (Phi) is 2.30. The number of nitrogens with one attached hydrogen (secondary N) is 1. The highest BCUT2D eigenvalue weighted by molar-refractivity contribution is 6.48. The van der Waals surface area contributed by atoms with Crippen molar-refractivity contribution in [2.75, 3.05) is 6.54 Å². The van der Waals surface area contributed by atoms with Crippen molar-refractivity contribution in [2.24, 2.45) is 11.8 Å². The number of nitrogens with zero attached hydrogens (tertiary/aromatic N) is 1. The van der Waals surface area contributed by atoms with Crippen LogP contribution in [0.15, 0.2) is 0 Å². The highest BCUT2D eigenvalue weighted by Crippen LogP contribution is 2.45. The van der Waals surface area contributed by atoms with E-state index >= 15 is 0 Å². The zero-order valence-corrected chi connectivity index (χ0v) is 11.8. The Balaban J connectivity index is 1.78. The lowest BCUT2D eigenvalue weighted by Crippen LogP contribution is -2.62. The molecule has 0 amide bonds. The zero-order chi connectivity index (χ0) is 12.5. The number of rotatable bonds is 0. The minimum atomic E-state index is 0.0573. The number of fused-ring (bicyclic) bond motifs is 5. The van der Waals surface area contributed by atoms with Crippen LogP contribution in [-0.2, 0) is 4.65 Å². The summed E-state index contributed by atoms with van der Waals surface area (Å²) in [4.78, 5) is 0. The van der Waals surface area contributed by atoms with Gasteiger partial charge in [0.05, 0.1) is 11.5 Å². The molecule has 4 atom stereocenters. The summed E-state index contributed by atoms with van der Waals surface area (Å²) in [6.45, 7) is 8.13. The SMILES string of the molecule is CC1=[N+]2B(OC(C)(C)[C@H]3CCC[C@H]32)C2NCCC12. The Bertz CT molecular complexity index is 420. The van der Waals surface area contributed by atoms with Gasteiger partial charge in [-0.15, -0.1) is 0 Å². The van der Waals surface area contributed by atoms with Crippen LogP contribution < -0.4 is 5.32 Å². The van der Waals surface area contributed by atoms with Gasteiger partial charge in [0.15, 0.2) is 0 Å². The maximum atomic E-state index is 6.54. The van der Waals surface area contributed by atoms with Gasteiger partial charge in [-0.1, -0.05) is 0 Å². The van der Waals surface area contributed by atoms with Crippen LogP contribution in [0.2, 0.25) is 0 Å². The minimum Gasteiger partial charge on any atom is -0.367 e. The van der Waals surface area contributed by atoms with Gasteiger partial charge in [0.2, 0.25) is 0 Å². The highest BCUT2D eigenvalue weighted by Gasteiger charge is 2.67. The summed E-state index contributed by atoms with van der Waals surface area (Å²) in [7, 11) is 0.298. The topological polar surface area (TPSA) is 24.3 Å². The molecule has 0 aromatic rings. The summed E-state index contributed by atoms with van der Waals surface area (Å²) >= 11 is 0. The summed E-state index contributed by atoms with van der Waals surface area (Å²) in [6.07, 6.45) is 5.38. The van der Waals surface area contributed by atoms with Gasteiger partial charge in [-0.2, -0.15) is 0 Å². The zero-order valence-electron chi connectivity index (χ0n) is 11.8. The van der Waals surface area contributed by atoms with Crippen LogP contribution in [0.25, 0.3) is 0 Å². The van der Waals surface area contributed by atoms with E-state index in [1.165, 1.54) is 25.7 Å². The van der Waals surface area contributed by atoms with Gasteiger partial charge in [-0.25, -0.2) is 0 Å². The molecule has 2 saturated heterocycles. The van der Waals surface area contributed by atoms with E-state index in [2.05, 4.69) is 30.6 Å². The molecule has 1 aliphatic carbocycles. The van der Waals surface area contributed by atoms with Crippen LogP contribution in [0, 0.1) is 11.8 Å². The van der Waals surface area contributed by atoms with Crippen molar-refractivity contribution in [3.8, 4) is 0 Å². The highest BCUT2D eigenvalue weighted by atomic mass is 16.5. The monoisotopic (exact) mass is 247 g/mol. The van der Waals surface area contributed by atoms with Gasteiger partial charge < -0.3 is 9.97 Å². The lowest BCUT2D eigenvalue weighted by molar-refractivity contribution is -0.485. The second kappa shape index (κ2) is 3.60. The maximum absolute atomic E-state index is 6.54. The first-order chi connectivity index (χ1) is 8.59. The second-order valence-corrected chi connectivity index (χ2v) is 7.14. The molecule has 0 spiro atoms. The van der Waals surface area contributed by atoms with Crippen LogP contribution in [-0.4, -0.2) is 41.4 Å². The van der Waals surface area contributed by atoms with Crippen molar-refractivity contribution in [3.63, 3.8) is 0 Å². The van der Waals surface area contributed by atoms with E-state index in [1.807, 2.05) is 0 Å². The minimum absolute atomic E-state index is 0.0573. The largest absolute Gasteiger partial charge is 0.673 e. The van der Waals surface area contributed by atoms with Crippen LogP contribution in [0.1, 0.15) is 46.5 Å². The average molecular weight is 247 g/mol.